The molecule has 0 bridgehead atoms. The molecule has 5 rings (SSSR count). The van der Waals surface area contributed by atoms with Gasteiger partial charge in [-0.1, -0.05) is 19.9 Å². The van der Waals surface area contributed by atoms with Crippen molar-refractivity contribution >= 4 is 23.0 Å². The standard InChI is InChI=1S/C22H25N7O3/c1-12(2)13-4-5-17(28-7-6-24-20(13)28)15-8-19(23-3)29-21(26-15)14(9-25-29)22(31)27-16-10-32-11-18(16)30/h4-9,12,16,18,23,30H,10-11H2,1-3H3,(H,27,31)/t16?,18-/m1/s1. The van der Waals surface area contributed by atoms with Crippen LogP contribution in [0.4, 0.5) is 5.82 Å². The Labute approximate surface area is 184 Å². The van der Waals surface area contributed by atoms with E-state index in [2.05, 4.69) is 40.6 Å². The summed E-state index contributed by atoms with van der Waals surface area (Å²) in [5, 5.41) is 20.3. The largest absolute Gasteiger partial charge is 0.388 e. The maximum Gasteiger partial charge on any atom is 0.257 e. The van der Waals surface area contributed by atoms with E-state index >= 15 is 0 Å². The third-order valence-corrected chi connectivity index (χ3v) is 5.80. The fourth-order valence-electron chi connectivity index (χ4n) is 4.05. The topological polar surface area (TPSA) is 118 Å². The molecule has 1 saturated heterocycles. The minimum atomic E-state index is -0.730. The van der Waals surface area contributed by atoms with E-state index in [1.54, 1.807) is 17.8 Å². The number of nitrogens with zero attached hydrogens (tertiary/aromatic N) is 5. The number of rotatable bonds is 5. The second-order valence-corrected chi connectivity index (χ2v) is 8.20. The van der Waals surface area contributed by atoms with Crippen LogP contribution in [0.2, 0.25) is 0 Å². The molecule has 4 aromatic heterocycles. The van der Waals surface area contributed by atoms with E-state index < -0.39 is 12.1 Å². The third-order valence-electron chi connectivity index (χ3n) is 5.80. The first-order valence-corrected chi connectivity index (χ1v) is 10.6. The van der Waals surface area contributed by atoms with Crippen LogP contribution < -0.4 is 10.6 Å². The Bertz CT molecular complexity index is 1310. The summed E-state index contributed by atoms with van der Waals surface area (Å²) in [6.07, 6.45) is 4.44. The van der Waals surface area contributed by atoms with Gasteiger partial charge >= 0.3 is 0 Å². The van der Waals surface area contributed by atoms with E-state index in [1.807, 2.05) is 22.7 Å². The number of nitrogens with one attached hydrogen (secondary N) is 2. The van der Waals surface area contributed by atoms with Crippen LogP contribution in [0.3, 0.4) is 0 Å². The number of imidazole rings is 1. The van der Waals surface area contributed by atoms with Gasteiger partial charge < -0.3 is 20.5 Å². The molecule has 1 fully saturated rings. The highest BCUT2D eigenvalue weighted by atomic mass is 16.5. The summed E-state index contributed by atoms with van der Waals surface area (Å²) < 4.78 is 8.83. The van der Waals surface area contributed by atoms with Gasteiger partial charge in [-0.2, -0.15) is 9.61 Å². The van der Waals surface area contributed by atoms with Crippen molar-refractivity contribution in [3.63, 3.8) is 0 Å². The molecule has 5 heterocycles. The molecule has 0 saturated carbocycles. The molecule has 166 valence electrons. The number of hydrogen-bond acceptors (Lipinski definition) is 7. The van der Waals surface area contributed by atoms with Gasteiger partial charge in [0.15, 0.2) is 5.65 Å². The van der Waals surface area contributed by atoms with Crippen LogP contribution in [0.25, 0.3) is 22.7 Å². The highest BCUT2D eigenvalue weighted by Gasteiger charge is 2.29. The average Bonchev–Trinajstić information content (AvgIpc) is 3.52. The van der Waals surface area contributed by atoms with E-state index in [9.17, 15) is 9.90 Å². The molecule has 1 amide bonds. The average molecular weight is 435 g/mol. The minimum absolute atomic E-state index is 0.208. The van der Waals surface area contributed by atoms with E-state index in [0.29, 0.717) is 28.6 Å². The van der Waals surface area contributed by atoms with Gasteiger partial charge in [-0.15, -0.1) is 0 Å². The zero-order chi connectivity index (χ0) is 22.4. The molecule has 32 heavy (non-hydrogen) atoms. The molecule has 2 atom stereocenters. The van der Waals surface area contributed by atoms with Gasteiger partial charge in [0.25, 0.3) is 5.91 Å². The van der Waals surface area contributed by atoms with Gasteiger partial charge in [0.1, 0.15) is 17.0 Å². The molecule has 10 nitrogen and oxygen atoms in total. The number of ether oxygens (including phenoxy) is 1. The predicted molar refractivity (Wildman–Crippen MR) is 119 cm³/mol. The molecule has 0 aromatic carbocycles. The van der Waals surface area contributed by atoms with Crippen molar-refractivity contribution in [3.8, 4) is 11.4 Å². The number of carbonyl (C=O) groups is 1. The molecule has 1 unspecified atom stereocenters. The first-order chi connectivity index (χ1) is 15.5. The van der Waals surface area contributed by atoms with Crippen molar-refractivity contribution in [1.82, 2.24) is 29.3 Å². The zero-order valence-electron chi connectivity index (χ0n) is 18.1. The monoisotopic (exact) mass is 435 g/mol. The summed E-state index contributed by atoms with van der Waals surface area (Å²) in [5.41, 5.74) is 4.30. The van der Waals surface area contributed by atoms with E-state index in [0.717, 1.165) is 16.9 Å². The van der Waals surface area contributed by atoms with Crippen molar-refractivity contribution < 1.29 is 14.6 Å². The van der Waals surface area contributed by atoms with E-state index in [4.69, 9.17) is 9.72 Å². The Morgan fingerprint density at radius 1 is 1.28 bits per heavy atom. The number of aliphatic hydroxyl groups is 1. The molecular weight excluding hydrogens is 410 g/mol. The van der Waals surface area contributed by atoms with Crippen LogP contribution in [0.5, 0.6) is 0 Å². The van der Waals surface area contributed by atoms with E-state index in [-0.39, 0.29) is 19.1 Å². The Hall–Kier alpha value is -3.50. The van der Waals surface area contributed by atoms with Gasteiger partial charge in [0.2, 0.25) is 0 Å². The van der Waals surface area contributed by atoms with Crippen LogP contribution in [0.15, 0.2) is 36.8 Å². The van der Waals surface area contributed by atoms with Crippen LogP contribution in [0.1, 0.15) is 35.7 Å². The van der Waals surface area contributed by atoms with Gasteiger partial charge in [-0.3, -0.25) is 9.20 Å². The maximum atomic E-state index is 13.0. The zero-order valence-corrected chi connectivity index (χ0v) is 18.1. The highest BCUT2D eigenvalue weighted by molar-refractivity contribution is 6.00. The number of aromatic nitrogens is 5. The third kappa shape index (κ3) is 3.28. The number of anilines is 1. The number of fused-ring (bicyclic) bond motifs is 2. The minimum Gasteiger partial charge on any atom is -0.388 e. The lowest BCUT2D eigenvalue weighted by atomic mass is 10.0. The summed E-state index contributed by atoms with van der Waals surface area (Å²) >= 11 is 0. The lowest BCUT2D eigenvalue weighted by molar-refractivity contribution is 0.0888. The quantitative estimate of drug-likeness (QED) is 0.437. The smallest absolute Gasteiger partial charge is 0.257 e. The second kappa shape index (κ2) is 7.88. The Balaban J connectivity index is 1.62. The first kappa shape index (κ1) is 20.4. The summed E-state index contributed by atoms with van der Waals surface area (Å²) in [6.45, 7) is 4.75. The van der Waals surface area contributed by atoms with Crippen molar-refractivity contribution in [3.05, 3.63) is 47.9 Å². The molecule has 0 aliphatic carbocycles. The van der Waals surface area contributed by atoms with Gasteiger partial charge in [0, 0.05) is 25.5 Å². The predicted octanol–water partition coefficient (Wildman–Crippen LogP) is 1.70. The number of carbonyl (C=O) groups excluding carboxylic acids is 1. The Morgan fingerprint density at radius 3 is 2.84 bits per heavy atom. The summed E-state index contributed by atoms with van der Waals surface area (Å²) in [4.78, 5) is 22.3. The fraction of sp³-hybridized carbons (Fsp3) is 0.364. The Kier molecular flexibility index (Phi) is 5.03. The van der Waals surface area contributed by atoms with Gasteiger partial charge in [-0.05, 0) is 17.5 Å². The maximum absolute atomic E-state index is 13.0. The molecule has 0 radical (unpaired) electrons. The van der Waals surface area contributed by atoms with Crippen LogP contribution in [-0.4, -0.2) is 67.4 Å². The van der Waals surface area contributed by atoms with Crippen molar-refractivity contribution in [2.45, 2.75) is 31.9 Å². The number of hydrogen-bond donors (Lipinski definition) is 3. The van der Waals surface area contributed by atoms with Crippen LogP contribution >= 0.6 is 0 Å². The molecule has 0 spiro atoms. The molecule has 3 N–H and O–H groups in total. The number of amides is 1. The van der Waals surface area contributed by atoms with Crippen LogP contribution in [0, 0.1) is 0 Å². The molecule has 1 aliphatic heterocycles. The SMILES string of the molecule is CNc1cc(-c2ccc(C(C)C)c3nccn23)nc2c(C(=O)NC3COC[C@H]3O)cnn12. The molecule has 1 aliphatic rings. The summed E-state index contributed by atoms with van der Waals surface area (Å²) in [7, 11) is 1.79. The number of aliphatic hydroxyl groups excluding tert-OH is 1. The van der Waals surface area contributed by atoms with Crippen LogP contribution in [-0.2, 0) is 4.74 Å². The summed E-state index contributed by atoms with van der Waals surface area (Å²) in [5.74, 6) is 0.663. The van der Waals surface area contributed by atoms with Crippen molar-refractivity contribution in [2.75, 3.05) is 25.6 Å². The van der Waals surface area contributed by atoms with Crippen molar-refractivity contribution in [2.24, 2.45) is 0 Å². The summed E-state index contributed by atoms with van der Waals surface area (Å²) in [6, 6.07) is 5.52. The lowest BCUT2D eigenvalue weighted by Crippen LogP contribution is -2.42. The molecule has 4 aromatic rings. The Morgan fingerprint density at radius 2 is 2.12 bits per heavy atom. The lowest BCUT2D eigenvalue weighted by Gasteiger charge is -2.15. The second-order valence-electron chi connectivity index (χ2n) is 8.20. The number of pyridine rings is 1. The molecule has 10 heteroatoms. The fourth-order valence-corrected chi connectivity index (χ4v) is 4.05. The molecular formula is C22H25N7O3. The van der Waals surface area contributed by atoms with E-state index in [1.165, 1.54) is 6.20 Å². The van der Waals surface area contributed by atoms with Crippen molar-refractivity contribution in [1.29, 1.82) is 0 Å². The normalized spacial score (nSPS) is 18.7. The van der Waals surface area contributed by atoms with Gasteiger partial charge in [-0.25, -0.2) is 9.97 Å². The van der Waals surface area contributed by atoms with Gasteiger partial charge in [0.05, 0.1) is 42.9 Å². The first-order valence-electron chi connectivity index (χ1n) is 10.6. The highest BCUT2D eigenvalue weighted by Crippen LogP contribution is 2.28.